The Morgan fingerprint density at radius 2 is 1.28 bits per heavy atom. The van der Waals surface area contributed by atoms with Gasteiger partial charge in [0.1, 0.15) is 0 Å². The van der Waals surface area contributed by atoms with Gasteiger partial charge in [0, 0.05) is 6.42 Å². The van der Waals surface area contributed by atoms with Crippen LogP contribution in [0.5, 0.6) is 0 Å². The summed E-state index contributed by atoms with van der Waals surface area (Å²) in [6.07, 6.45) is 13.2. The Morgan fingerprint density at radius 3 is 1.84 bits per heavy atom. The first-order valence-corrected chi connectivity index (χ1v) is 9.91. The first-order valence-electron chi connectivity index (χ1n) is 9.91. The van der Waals surface area contributed by atoms with Crippen LogP contribution in [0.3, 0.4) is 0 Å². The predicted octanol–water partition coefficient (Wildman–Crippen LogP) is 5.26. The number of carboxylic acid groups (broad SMARTS) is 1. The van der Waals surface area contributed by atoms with Crippen LogP contribution in [0.1, 0.15) is 104 Å². The number of carbonyl (C=O) groups is 3. The van der Waals surface area contributed by atoms with Crippen LogP contribution in [0.15, 0.2) is 0 Å². The van der Waals surface area contributed by atoms with Crippen LogP contribution in [-0.4, -0.2) is 23.0 Å². The van der Waals surface area contributed by atoms with Gasteiger partial charge in [-0.25, -0.2) is 0 Å². The van der Waals surface area contributed by atoms with Gasteiger partial charge >= 0.3 is 17.9 Å². The van der Waals surface area contributed by atoms with Gasteiger partial charge in [-0.1, -0.05) is 78.1 Å². The van der Waals surface area contributed by atoms with E-state index < -0.39 is 17.9 Å². The van der Waals surface area contributed by atoms with Crippen molar-refractivity contribution in [3.05, 3.63) is 0 Å². The van der Waals surface area contributed by atoms with Gasteiger partial charge in [0.25, 0.3) is 0 Å². The normalized spacial score (nSPS) is 11.9. The highest BCUT2D eigenvalue weighted by molar-refractivity contribution is 5.86. The number of unbranched alkanes of at least 4 members (excludes halogenated alkanes) is 8. The number of carbonyl (C=O) groups excluding carboxylic acids is 2. The molecule has 5 nitrogen and oxygen atoms in total. The van der Waals surface area contributed by atoms with Crippen LogP contribution < -0.4 is 0 Å². The van der Waals surface area contributed by atoms with Crippen molar-refractivity contribution in [2.45, 2.75) is 104 Å². The lowest BCUT2D eigenvalue weighted by atomic mass is 9.97. The van der Waals surface area contributed by atoms with Gasteiger partial charge in [0.05, 0.1) is 12.8 Å². The maximum Gasteiger partial charge on any atom is 0.314 e. The molecular weight excluding hydrogens is 320 g/mol. The minimum Gasteiger partial charge on any atom is -0.481 e. The minimum atomic E-state index is -1.07. The van der Waals surface area contributed by atoms with E-state index in [0.29, 0.717) is 12.3 Å². The summed E-state index contributed by atoms with van der Waals surface area (Å²) in [5, 5.41) is 8.46. The van der Waals surface area contributed by atoms with Crippen molar-refractivity contribution in [2.75, 3.05) is 0 Å². The SMILES string of the molecule is CCCCCCCCCCCC(C)CCC(=O)OC(=O)CCC(=O)O. The number of hydrogen-bond acceptors (Lipinski definition) is 4. The zero-order chi connectivity index (χ0) is 18.9. The zero-order valence-corrected chi connectivity index (χ0v) is 16.1. The van der Waals surface area contributed by atoms with Gasteiger partial charge in [-0.3, -0.25) is 14.4 Å². The Kier molecular flexibility index (Phi) is 15.2. The number of ether oxygens (including phenoxy) is 1. The van der Waals surface area contributed by atoms with E-state index in [2.05, 4.69) is 18.6 Å². The van der Waals surface area contributed by atoms with Crippen molar-refractivity contribution in [1.82, 2.24) is 0 Å². The van der Waals surface area contributed by atoms with Gasteiger partial charge in [-0.2, -0.15) is 0 Å². The Balaban J connectivity index is 3.50. The van der Waals surface area contributed by atoms with Gasteiger partial charge < -0.3 is 9.84 Å². The molecule has 0 aliphatic carbocycles. The van der Waals surface area contributed by atoms with Crippen molar-refractivity contribution < 1.29 is 24.2 Å². The molecule has 1 atom stereocenters. The second-order valence-corrected chi connectivity index (χ2v) is 7.00. The second kappa shape index (κ2) is 16.1. The lowest BCUT2D eigenvalue weighted by Gasteiger charge is -2.10. The molecule has 0 aliphatic heterocycles. The minimum absolute atomic E-state index is 0.220. The maximum absolute atomic E-state index is 11.5. The molecule has 0 saturated carbocycles. The third-order valence-corrected chi connectivity index (χ3v) is 4.41. The molecule has 0 aromatic carbocycles. The molecule has 0 rings (SSSR count). The van der Waals surface area contributed by atoms with Crippen molar-refractivity contribution in [2.24, 2.45) is 5.92 Å². The van der Waals surface area contributed by atoms with Crippen molar-refractivity contribution >= 4 is 17.9 Å². The summed E-state index contributed by atoms with van der Waals surface area (Å²) in [5.41, 5.74) is 0. The molecule has 0 aromatic rings. The fraction of sp³-hybridized carbons (Fsp3) is 0.850. The highest BCUT2D eigenvalue weighted by atomic mass is 16.6. The van der Waals surface area contributed by atoms with E-state index >= 15 is 0 Å². The summed E-state index contributed by atoms with van der Waals surface area (Å²) in [5.74, 6) is -1.93. The summed E-state index contributed by atoms with van der Waals surface area (Å²) >= 11 is 0. The van der Waals surface area contributed by atoms with Crippen LogP contribution in [0.4, 0.5) is 0 Å². The van der Waals surface area contributed by atoms with E-state index in [1.807, 2.05) is 0 Å². The summed E-state index contributed by atoms with van der Waals surface area (Å²) in [7, 11) is 0. The fourth-order valence-corrected chi connectivity index (χ4v) is 2.75. The summed E-state index contributed by atoms with van der Waals surface area (Å²) < 4.78 is 4.61. The lowest BCUT2D eigenvalue weighted by molar-refractivity contribution is -0.161. The number of hydrogen-bond donors (Lipinski definition) is 1. The molecule has 1 unspecified atom stereocenters. The van der Waals surface area contributed by atoms with Crippen molar-refractivity contribution in [3.63, 3.8) is 0 Å². The number of rotatable bonds is 16. The monoisotopic (exact) mass is 356 g/mol. The first kappa shape index (κ1) is 23.6. The largest absolute Gasteiger partial charge is 0.481 e. The molecule has 0 heterocycles. The quantitative estimate of drug-likeness (QED) is 0.232. The smallest absolute Gasteiger partial charge is 0.314 e. The Morgan fingerprint density at radius 1 is 0.760 bits per heavy atom. The number of aliphatic carboxylic acids is 1. The Bertz CT molecular complexity index is 378. The molecule has 0 aromatic heterocycles. The van der Waals surface area contributed by atoms with Gasteiger partial charge in [-0.05, 0) is 12.3 Å². The molecule has 0 amide bonds. The van der Waals surface area contributed by atoms with Crippen LogP contribution in [0, 0.1) is 5.92 Å². The van der Waals surface area contributed by atoms with Crippen LogP contribution in [-0.2, 0) is 19.1 Å². The predicted molar refractivity (Wildman–Crippen MR) is 98.2 cm³/mol. The van der Waals surface area contributed by atoms with E-state index in [4.69, 9.17) is 5.11 Å². The van der Waals surface area contributed by atoms with Crippen molar-refractivity contribution in [1.29, 1.82) is 0 Å². The van der Waals surface area contributed by atoms with E-state index in [0.717, 1.165) is 6.42 Å². The molecule has 0 radical (unpaired) electrons. The molecule has 0 fully saturated rings. The van der Waals surface area contributed by atoms with Crippen LogP contribution in [0.25, 0.3) is 0 Å². The van der Waals surface area contributed by atoms with E-state index in [9.17, 15) is 14.4 Å². The topological polar surface area (TPSA) is 80.7 Å². The van der Waals surface area contributed by atoms with E-state index in [1.54, 1.807) is 0 Å². The molecule has 0 aliphatic rings. The third kappa shape index (κ3) is 17.2. The van der Waals surface area contributed by atoms with E-state index in [1.165, 1.54) is 57.8 Å². The summed E-state index contributed by atoms with van der Waals surface area (Å²) in [4.78, 5) is 33.1. The molecule has 25 heavy (non-hydrogen) atoms. The summed E-state index contributed by atoms with van der Waals surface area (Å²) in [6, 6.07) is 0. The molecule has 146 valence electrons. The van der Waals surface area contributed by atoms with E-state index in [-0.39, 0.29) is 19.3 Å². The molecule has 0 bridgehead atoms. The number of carboxylic acids is 1. The first-order chi connectivity index (χ1) is 12.0. The van der Waals surface area contributed by atoms with Crippen LogP contribution in [0.2, 0.25) is 0 Å². The standard InChI is InChI=1S/C20H36O5/c1-3-4-5-6-7-8-9-10-11-12-17(2)13-15-19(23)25-20(24)16-14-18(21)22/h17H,3-16H2,1-2H3,(H,21,22). The lowest BCUT2D eigenvalue weighted by Crippen LogP contribution is -2.14. The average Bonchev–Trinajstić information content (AvgIpc) is 2.56. The molecule has 1 N–H and O–H groups in total. The molecular formula is C20H36O5. The Labute approximate surface area is 152 Å². The Hall–Kier alpha value is -1.39. The van der Waals surface area contributed by atoms with Gasteiger partial charge in [0.15, 0.2) is 0 Å². The third-order valence-electron chi connectivity index (χ3n) is 4.41. The average molecular weight is 357 g/mol. The fourth-order valence-electron chi connectivity index (χ4n) is 2.75. The number of esters is 2. The van der Waals surface area contributed by atoms with Gasteiger partial charge in [0.2, 0.25) is 0 Å². The molecule has 5 heteroatoms. The van der Waals surface area contributed by atoms with Crippen molar-refractivity contribution in [3.8, 4) is 0 Å². The maximum atomic E-state index is 11.5. The second-order valence-electron chi connectivity index (χ2n) is 7.00. The molecule has 0 spiro atoms. The highest BCUT2D eigenvalue weighted by Crippen LogP contribution is 2.17. The zero-order valence-electron chi connectivity index (χ0n) is 16.1. The van der Waals surface area contributed by atoms with Gasteiger partial charge in [-0.15, -0.1) is 0 Å². The summed E-state index contributed by atoms with van der Waals surface area (Å²) in [6.45, 7) is 4.35. The highest BCUT2D eigenvalue weighted by Gasteiger charge is 2.13. The molecule has 0 saturated heterocycles. The van der Waals surface area contributed by atoms with Crippen LogP contribution >= 0.6 is 0 Å².